The van der Waals surface area contributed by atoms with E-state index in [1.165, 1.54) is 0 Å². The quantitative estimate of drug-likeness (QED) is 0.423. The van der Waals surface area contributed by atoms with Crippen LogP contribution in [0, 0.1) is 11.8 Å². The van der Waals surface area contributed by atoms with Crippen molar-refractivity contribution in [2.75, 3.05) is 33.3 Å². The van der Waals surface area contributed by atoms with Crippen molar-refractivity contribution in [1.82, 2.24) is 15.5 Å². The van der Waals surface area contributed by atoms with Crippen molar-refractivity contribution >= 4 is 30.2 Å². The number of hydrogen-bond donors (Lipinski definition) is 3. The summed E-state index contributed by atoms with van der Waals surface area (Å²) in [6, 6.07) is 7.16. The van der Waals surface area contributed by atoms with E-state index in [-0.39, 0.29) is 36.6 Å². The summed E-state index contributed by atoms with van der Waals surface area (Å²) in [6.07, 6.45) is 6.19. The van der Waals surface area contributed by atoms with Crippen LogP contribution < -0.4 is 15.4 Å². The van der Waals surface area contributed by atoms with Gasteiger partial charge in [-0.15, -0.1) is 12.4 Å². The number of ether oxygens (including phenoxy) is 1. The molecule has 0 radical (unpaired) electrons. The maximum Gasteiger partial charge on any atom is 0.305 e. The SMILES string of the molecule is COc1ccccc1CCC(CC(=O)O)NC(=O)[C@@H]1CCCN(C(=O)CCC2CCNCC2)C1.Cl. The minimum absolute atomic E-state index is 0. The number of carboxylic acid groups (broad SMARTS) is 1. The van der Waals surface area contributed by atoms with E-state index in [1.807, 2.05) is 29.2 Å². The number of halogens is 1. The van der Waals surface area contributed by atoms with Crippen molar-refractivity contribution in [3.05, 3.63) is 29.8 Å². The lowest BCUT2D eigenvalue weighted by molar-refractivity contribution is -0.138. The van der Waals surface area contributed by atoms with Gasteiger partial charge >= 0.3 is 5.97 Å². The Bertz CT molecular complexity index is 831. The zero-order chi connectivity index (χ0) is 24.3. The van der Waals surface area contributed by atoms with Gasteiger partial charge in [0, 0.05) is 25.6 Å². The summed E-state index contributed by atoms with van der Waals surface area (Å²) in [6.45, 7) is 3.17. The van der Waals surface area contributed by atoms with Gasteiger partial charge in [-0.25, -0.2) is 0 Å². The second-order valence-corrected chi connectivity index (χ2v) is 9.56. The van der Waals surface area contributed by atoms with E-state index in [9.17, 15) is 19.5 Å². The molecule has 2 fully saturated rings. The lowest BCUT2D eigenvalue weighted by Crippen LogP contribution is -2.48. The fourth-order valence-corrected chi connectivity index (χ4v) is 5.07. The van der Waals surface area contributed by atoms with Gasteiger partial charge in [-0.1, -0.05) is 18.2 Å². The first-order chi connectivity index (χ1) is 16.5. The zero-order valence-electron chi connectivity index (χ0n) is 20.7. The number of piperidine rings is 2. The van der Waals surface area contributed by atoms with Crippen molar-refractivity contribution in [2.24, 2.45) is 11.8 Å². The number of nitrogens with zero attached hydrogens (tertiary/aromatic N) is 1. The molecule has 0 spiro atoms. The molecule has 2 aliphatic rings. The van der Waals surface area contributed by atoms with E-state index >= 15 is 0 Å². The second kappa shape index (κ2) is 14.9. The van der Waals surface area contributed by atoms with Gasteiger partial charge in [0.1, 0.15) is 5.75 Å². The number of aryl methyl sites for hydroxylation is 1. The number of hydrogen-bond acceptors (Lipinski definition) is 5. The van der Waals surface area contributed by atoms with E-state index in [1.54, 1.807) is 7.11 Å². The number of aliphatic carboxylic acids is 1. The fraction of sp³-hybridized carbons (Fsp3) is 0.654. The second-order valence-electron chi connectivity index (χ2n) is 9.56. The number of carboxylic acids is 1. The van der Waals surface area contributed by atoms with Crippen molar-refractivity contribution in [1.29, 1.82) is 0 Å². The average molecular weight is 510 g/mol. The molecule has 0 bridgehead atoms. The highest BCUT2D eigenvalue weighted by molar-refractivity contribution is 5.85. The molecule has 8 nitrogen and oxygen atoms in total. The predicted octanol–water partition coefficient (Wildman–Crippen LogP) is 3.03. The highest BCUT2D eigenvalue weighted by Gasteiger charge is 2.30. The van der Waals surface area contributed by atoms with Crippen molar-refractivity contribution in [2.45, 2.75) is 63.8 Å². The van der Waals surface area contributed by atoms with Crippen molar-refractivity contribution < 1.29 is 24.2 Å². The van der Waals surface area contributed by atoms with Crippen LogP contribution in [0.5, 0.6) is 5.75 Å². The lowest BCUT2D eigenvalue weighted by Gasteiger charge is -2.33. The predicted molar refractivity (Wildman–Crippen MR) is 137 cm³/mol. The largest absolute Gasteiger partial charge is 0.496 e. The van der Waals surface area contributed by atoms with Crippen LogP contribution in [0.3, 0.4) is 0 Å². The Hall–Kier alpha value is -2.32. The summed E-state index contributed by atoms with van der Waals surface area (Å²) in [7, 11) is 1.61. The number of rotatable bonds is 11. The summed E-state index contributed by atoms with van der Waals surface area (Å²) >= 11 is 0. The van der Waals surface area contributed by atoms with Crippen LogP contribution in [0.1, 0.15) is 56.9 Å². The molecular weight excluding hydrogens is 470 g/mol. The summed E-state index contributed by atoms with van der Waals surface area (Å²) < 4.78 is 5.38. The molecule has 2 heterocycles. The summed E-state index contributed by atoms with van der Waals surface area (Å²) in [4.78, 5) is 39.1. The Balaban J connectivity index is 0.00000432. The van der Waals surface area contributed by atoms with Crippen molar-refractivity contribution in [3.63, 3.8) is 0 Å². The van der Waals surface area contributed by atoms with E-state index in [0.29, 0.717) is 38.3 Å². The summed E-state index contributed by atoms with van der Waals surface area (Å²) in [5.41, 5.74) is 0.984. The van der Waals surface area contributed by atoms with E-state index in [0.717, 1.165) is 56.5 Å². The Morgan fingerprint density at radius 3 is 2.66 bits per heavy atom. The molecule has 1 unspecified atom stereocenters. The monoisotopic (exact) mass is 509 g/mol. The highest BCUT2D eigenvalue weighted by atomic mass is 35.5. The molecule has 2 amide bonds. The van der Waals surface area contributed by atoms with Gasteiger partial charge in [0.2, 0.25) is 11.8 Å². The molecule has 196 valence electrons. The van der Waals surface area contributed by atoms with Crippen molar-refractivity contribution in [3.8, 4) is 5.75 Å². The molecule has 2 atom stereocenters. The van der Waals surface area contributed by atoms with Crippen LogP contribution in [0.2, 0.25) is 0 Å². The molecule has 1 aromatic carbocycles. The standard InChI is InChI=1S/C26H39N3O5.ClH/c1-34-23-7-3-2-5-20(23)9-10-22(17-25(31)32)28-26(33)21-6-4-16-29(18-21)24(30)11-8-19-12-14-27-15-13-19;/h2-3,5,7,19,21-22,27H,4,6,8-18H2,1H3,(H,28,33)(H,31,32);1H/t21-,22?;/m1./s1. The first-order valence-electron chi connectivity index (χ1n) is 12.6. The number of methoxy groups -OCH3 is 1. The smallest absolute Gasteiger partial charge is 0.305 e. The number of carbonyl (C=O) groups is 3. The Morgan fingerprint density at radius 2 is 1.94 bits per heavy atom. The fourth-order valence-electron chi connectivity index (χ4n) is 5.07. The number of likely N-dealkylation sites (tertiary alicyclic amines) is 1. The first kappa shape index (κ1) is 28.9. The van der Waals surface area contributed by atoms with Crippen LogP contribution in [-0.2, 0) is 20.8 Å². The molecule has 3 rings (SSSR count). The van der Waals surface area contributed by atoms with Crippen LogP contribution in [-0.4, -0.2) is 67.1 Å². The van der Waals surface area contributed by atoms with E-state index < -0.39 is 12.0 Å². The third-order valence-electron chi connectivity index (χ3n) is 7.09. The number of amides is 2. The number of nitrogens with one attached hydrogen (secondary N) is 2. The van der Waals surface area contributed by atoms with Gasteiger partial charge in [-0.3, -0.25) is 14.4 Å². The van der Waals surface area contributed by atoms with Gasteiger partial charge in [0.05, 0.1) is 19.4 Å². The molecule has 2 aliphatic heterocycles. The number of carbonyl (C=O) groups excluding carboxylic acids is 2. The topological polar surface area (TPSA) is 108 Å². The molecule has 0 saturated carbocycles. The Labute approximate surface area is 214 Å². The molecule has 3 N–H and O–H groups in total. The molecular formula is C26H40ClN3O5. The minimum atomic E-state index is -0.941. The molecule has 2 saturated heterocycles. The molecule has 35 heavy (non-hydrogen) atoms. The van der Waals surface area contributed by atoms with Gasteiger partial charge < -0.3 is 25.4 Å². The van der Waals surface area contributed by atoms with E-state index in [4.69, 9.17) is 4.74 Å². The van der Waals surface area contributed by atoms with Crippen LogP contribution in [0.15, 0.2) is 24.3 Å². The Kier molecular flexibility index (Phi) is 12.3. The number of benzene rings is 1. The zero-order valence-corrected chi connectivity index (χ0v) is 21.5. The Morgan fingerprint density at radius 1 is 1.20 bits per heavy atom. The third kappa shape index (κ3) is 9.33. The van der Waals surface area contributed by atoms with Gasteiger partial charge in [0.15, 0.2) is 0 Å². The molecule has 1 aromatic rings. The van der Waals surface area contributed by atoms with Crippen LogP contribution in [0.4, 0.5) is 0 Å². The maximum atomic E-state index is 13.0. The normalized spacial score (nSPS) is 19.3. The highest BCUT2D eigenvalue weighted by Crippen LogP contribution is 2.23. The lowest BCUT2D eigenvalue weighted by atomic mass is 9.92. The average Bonchev–Trinajstić information content (AvgIpc) is 2.86. The molecule has 9 heteroatoms. The third-order valence-corrected chi connectivity index (χ3v) is 7.09. The summed E-state index contributed by atoms with van der Waals surface area (Å²) in [5, 5.41) is 15.7. The first-order valence-corrected chi connectivity index (χ1v) is 12.6. The maximum absolute atomic E-state index is 13.0. The van der Waals surface area contributed by atoms with Gasteiger partial charge in [0.25, 0.3) is 0 Å². The molecule has 0 aromatic heterocycles. The van der Waals surface area contributed by atoms with Gasteiger partial charge in [-0.2, -0.15) is 0 Å². The molecule has 0 aliphatic carbocycles. The number of para-hydroxylation sites is 1. The van der Waals surface area contributed by atoms with Gasteiger partial charge in [-0.05, 0) is 75.6 Å². The van der Waals surface area contributed by atoms with E-state index in [2.05, 4.69) is 10.6 Å². The minimum Gasteiger partial charge on any atom is -0.496 e. The summed E-state index contributed by atoms with van der Waals surface area (Å²) in [5.74, 6) is 0.113. The van der Waals surface area contributed by atoms with Crippen LogP contribution in [0.25, 0.3) is 0 Å². The van der Waals surface area contributed by atoms with Crippen LogP contribution >= 0.6 is 12.4 Å².